The van der Waals surface area contributed by atoms with Crippen molar-refractivity contribution in [1.82, 2.24) is 10.2 Å². The van der Waals surface area contributed by atoms with Gasteiger partial charge in [0.25, 0.3) is 0 Å². The van der Waals surface area contributed by atoms with E-state index >= 15 is 0 Å². The molecule has 0 saturated carbocycles. The van der Waals surface area contributed by atoms with Crippen LogP contribution in [-0.2, 0) is 4.74 Å². The molecule has 0 aromatic rings. The molecule has 112 valence electrons. The van der Waals surface area contributed by atoms with Crippen LogP contribution in [0.3, 0.4) is 0 Å². The van der Waals surface area contributed by atoms with Crippen LogP contribution < -0.4 is 5.32 Å². The summed E-state index contributed by atoms with van der Waals surface area (Å²) in [4.78, 5) is 2.60. The van der Waals surface area contributed by atoms with E-state index in [1.807, 2.05) is 6.92 Å². The molecular formula is C16H32N2O. The van der Waals surface area contributed by atoms with E-state index < -0.39 is 0 Å². The zero-order chi connectivity index (χ0) is 14.5. The first-order chi connectivity index (χ1) is 8.88. The second-order valence-electron chi connectivity index (χ2n) is 6.59. The quantitative estimate of drug-likeness (QED) is 0.567. The van der Waals surface area contributed by atoms with Crippen LogP contribution in [0.25, 0.3) is 0 Å². The maximum absolute atomic E-state index is 5.67. The lowest BCUT2D eigenvalue weighted by Crippen LogP contribution is -2.64. The predicted octanol–water partition coefficient (Wildman–Crippen LogP) is 2.68. The Kier molecular flexibility index (Phi) is 6.51. The molecule has 1 aliphatic heterocycles. The highest BCUT2D eigenvalue weighted by Crippen LogP contribution is 2.22. The largest absolute Gasteiger partial charge is 0.376 e. The lowest BCUT2D eigenvalue weighted by molar-refractivity contribution is 0.0322. The Bertz CT molecular complexity index is 290. The molecule has 1 heterocycles. The summed E-state index contributed by atoms with van der Waals surface area (Å²) in [5.41, 5.74) is 1.35. The van der Waals surface area contributed by atoms with Crippen molar-refractivity contribution in [2.24, 2.45) is 5.92 Å². The van der Waals surface area contributed by atoms with E-state index in [0.29, 0.717) is 18.6 Å². The first-order valence-electron chi connectivity index (χ1n) is 7.59. The number of hydrogen-bond acceptors (Lipinski definition) is 3. The Hall–Kier alpha value is -0.380. The highest BCUT2D eigenvalue weighted by Gasteiger charge is 2.35. The van der Waals surface area contributed by atoms with Gasteiger partial charge in [0.1, 0.15) is 0 Å². The van der Waals surface area contributed by atoms with Crippen molar-refractivity contribution in [3.8, 4) is 0 Å². The summed E-state index contributed by atoms with van der Waals surface area (Å²) >= 11 is 0. The number of piperazine rings is 1. The predicted molar refractivity (Wildman–Crippen MR) is 82.5 cm³/mol. The van der Waals surface area contributed by atoms with Gasteiger partial charge in [-0.3, -0.25) is 4.90 Å². The van der Waals surface area contributed by atoms with E-state index in [1.165, 1.54) is 6.42 Å². The van der Waals surface area contributed by atoms with Crippen molar-refractivity contribution in [2.45, 2.75) is 52.6 Å². The molecule has 0 bridgehead atoms. The highest BCUT2D eigenvalue weighted by atomic mass is 16.5. The summed E-state index contributed by atoms with van der Waals surface area (Å²) in [6.07, 6.45) is 1.17. The SMILES string of the molecule is C=C(C)COCCN1CC(C)(CC)NCC1C(C)C. The molecule has 1 aliphatic rings. The van der Waals surface area contributed by atoms with Gasteiger partial charge in [-0.15, -0.1) is 0 Å². The molecule has 3 nitrogen and oxygen atoms in total. The average Bonchev–Trinajstić information content (AvgIpc) is 2.34. The van der Waals surface area contributed by atoms with E-state index in [1.54, 1.807) is 0 Å². The van der Waals surface area contributed by atoms with Gasteiger partial charge < -0.3 is 10.1 Å². The maximum atomic E-state index is 5.67. The molecule has 1 fully saturated rings. The fourth-order valence-electron chi connectivity index (χ4n) is 2.67. The van der Waals surface area contributed by atoms with Gasteiger partial charge in [-0.25, -0.2) is 0 Å². The normalized spacial score (nSPS) is 28.8. The monoisotopic (exact) mass is 268 g/mol. The van der Waals surface area contributed by atoms with E-state index in [-0.39, 0.29) is 5.54 Å². The van der Waals surface area contributed by atoms with Gasteiger partial charge in [0.05, 0.1) is 13.2 Å². The number of hydrogen-bond donors (Lipinski definition) is 1. The molecule has 0 spiro atoms. The van der Waals surface area contributed by atoms with Crippen LogP contribution in [0.5, 0.6) is 0 Å². The molecule has 19 heavy (non-hydrogen) atoms. The second kappa shape index (κ2) is 7.41. The molecule has 1 N–H and O–H groups in total. The van der Waals surface area contributed by atoms with Gasteiger partial charge in [0, 0.05) is 31.2 Å². The van der Waals surface area contributed by atoms with E-state index in [2.05, 4.69) is 44.5 Å². The van der Waals surface area contributed by atoms with E-state index in [9.17, 15) is 0 Å². The fourth-order valence-corrected chi connectivity index (χ4v) is 2.67. The van der Waals surface area contributed by atoms with Crippen molar-refractivity contribution < 1.29 is 4.74 Å². The minimum Gasteiger partial charge on any atom is -0.376 e. The van der Waals surface area contributed by atoms with Gasteiger partial charge in [0.15, 0.2) is 0 Å². The number of ether oxygens (including phenoxy) is 1. The minimum atomic E-state index is 0.250. The Labute approximate surface area is 119 Å². The summed E-state index contributed by atoms with van der Waals surface area (Å²) in [5, 5.41) is 3.72. The average molecular weight is 268 g/mol. The van der Waals surface area contributed by atoms with Crippen LogP contribution >= 0.6 is 0 Å². The Balaban J connectivity index is 2.50. The highest BCUT2D eigenvalue weighted by molar-refractivity contribution is 4.95. The van der Waals surface area contributed by atoms with Crippen molar-refractivity contribution in [3.63, 3.8) is 0 Å². The first kappa shape index (κ1) is 16.7. The van der Waals surface area contributed by atoms with Crippen LogP contribution in [-0.4, -0.2) is 49.3 Å². The molecule has 3 heteroatoms. The number of nitrogens with zero attached hydrogens (tertiary/aromatic N) is 1. The molecule has 2 atom stereocenters. The molecule has 0 radical (unpaired) electrons. The second-order valence-corrected chi connectivity index (χ2v) is 6.59. The number of rotatable bonds is 7. The standard InChI is InChI=1S/C16H32N2O/c1-7-16(6)12-18(8-9-19-11-13(2)3)15(10-17-16)14(4)5/h14-15,17H,2,7-12H2,1,3-6H3. The van der Waals surface area contributed by atoms with Gasteiger partial charge in [-0.2, -0.15) is 0 Å². The van der Waals surface area contributed by atoms with Gasteiger partial charge >= 0.3 is 0 Å². The fraction of sp³-hybridized carbons (Fsp3) is 0.875. The maximum Gasteiger partial charge on any atom is 0.0672 e. The summed E-state index contributed by atoms with van der Waals surface area (Å²) in [7, 11) is 0. The lowest BCUT2D eigenvalue weighted by Gasteiger charge is -2.47. The van der Waals surface area contributed by atoms with Crippen molar-refractivity contribution in [1.29, 1.82) is 0 Å². The number of nitrogens with one attached hydrogen (secondary N) is 1. The van der Waals surface area contributed by atoms with Crippen LogP contribution in [0.1, 0.15) is 41.0 Å². The molecule has 0 amide bonds. The summed E-state index contributed by atoms with van der Waals surface area (Å²) in [6, 6.07) is 0.619. The third-order valence-electron chi connectivity index (χ3n) is 4.18. The zero-order valence-corrected chi connectivity index (χ0v) is 13.5. The third kappa shape index (κ3) is 5.25. The van der Waals surface area contributed by atoms with Crippen LogP contribution in [0.2, 0.25) is 0 Å². The summed E-state index contributed by atoms with van der Waals surface area (Å²) in [5.74, 6) is 0.676. The Morgan fingerprint density at radius 3 is 2.74 bits per heavy atom. The van der Waals surface area contributed by atoms with Gasteiger partial charge in [-0.05, 0) is 26.2 Å². The molecule has 1 saturated heterocycles. The van der Waals surface area contributed by atoms with E-state index in [0.717, 1.165) is 31.8 Å². The van der Waals surface area contributed by atoms with Crippen molar-refractivity contribution >= 4 is 0 Å². The van der Waals surface area contributed by atoms with Crippen molar-refractivity contribution in [2.75, 3.05) is 32.8 Å². The molecular weight excluding hydrogens is 236 g/mol. The minimum absolute atomic E-state index is 0.250. The van der Waals surface area contributed by atoms with Crippen molar-refractivity contribution in [3.05, 3.63) is 12.2 Å². The Morgan fingerprint density at radius 2 is 2.21 bits per heavy atom. The molecule has 2 unspecified atom stereocenters. The van der Waals surface area contributed by atoms with E-state index in [4.69, 9.17) is 4.74 Å². The third-order valence-corrected chi connectivity index (χ3v) is 4.18. The molecule has 0 aromatic heterocycles. The van der Waals surface area contributed by atoms with Crippen LogP contribution in [0.4, 0.5) is 0 Å². The zero-order valence-electron chi connectivity index (χ0n) is 13.5. The molecule has 1 rings (SSSR count). The van der Waals surface area contributed by atoms with Gasteiger partial charge in [0.2, 0.25) is 0 Å². The topological polar surface area (TPSA) is 24.5 Å². The van der Waals surface area contributed by atoms with Crippen LogP contribution in [0, 0.1) is 5.92 Å². The first-order valence-corrected chi connectivity index (χ1v) is 7.59. The summed E-state index contributed by atoms with van der Waals surface area (Å²) in [6.45, 7) is 19.8. The lowest BCUT2D eigenvalue weighted by atomic mass is 9.90. The van der Waals surface area contributed by atoms with Crippen LogP contribution in [0.15, 0.2) is 12.2 Å². The summed E-state index contributed by atoms with van der Waals surface area (Å²) < 4.78 is 5.67. The van der Waals surface area contributed by atoms with Gasteiger partial charge in [-0.1, -0.05) is 32.9 Å². The smallest absolute Gasteiger partial charge is 0.0672 e. The molecule has 0 aromatic carbocycles. The Morgan fingerprint density at radius 1 is 1.53 bits per heavy atom. The molecule has 0 aliphatic carbocycles.